The molecule has 1 aromatic heterocycles. The fraction of sp³-hybridized carbons (Fsp3) is 0.385. The second-order valence-electron chi connectivity index (χ2n) is 4.74. The summed E-state index contributed by atoms with van der Waals surface area (Å²) in [6.45, 7) is 0.615. The van der Waals surface area contributed by atoms with Gasteiger partial charge in [-0.05, 0) is 12.1 Å². The van der Waals surface area contributed by atoms with Gasteiger partial charge in [0.05, 0.1) is 17.1 Å². The Balaban J connectivity index is 1.97. The van der Waals surface area contributed by atoms with E-state index in [4.69, 9.17) is 10.5 Å². The van der Waals surface area contributed by atoms with Gasteiger partial charge < -0.3 is 20.4 Å². The molecule has 0 radical (unpaired) electrons. The number of anilines is 1. The van der Waals surface area contributed by atoms with Crippen LogP contribution in [0.1, 0.15) is 6.42 Å². The van der Waals surface area contributed by atoms with E-state index in [9.17, 15) is 4.79 Å². The minimum Gasteiger partial charge on any atom is -0.380 e. The SMILES string of the molecule is CO[C@H]1C[C@@H](C(N)=O)N(c2nc3ccccc3[nH]2)C1. The average molecular weight is 260 g/mol. The summed E-state index contributed by atoms with van der Waals surface area (Å²) >= 11 is 0. The van der Waals surface area contributed by atoms with Crippen LogP contribution in [0.5, 0.6) is 0 Å². The number of hydrogen-bond donors (Lipinski definition) is 2. The molecule has 1 amide bonds. The van der Waals surface area contributed by atoms with Crippen molar-refractivity contribution in [2.75, 3.05) is 18.6 Å². The number of primary amides is 1. The van der Waals surface area contributed by atoms with Crippen LogP contribution < -0.4 is 10.6 Å². The van der Waals surface area contributed by atoms with Crippen molar-refractivity contribution in [3.63, 3.8) is 0 Å². The zero-order valence-corrected chi connectivity index (χ0v) is 10.7. The van der Waals surface area contributed by atoms with Gasteiger partial charge in [-0.15, -0.1) is 0 Å². The van der Waals surface area contributed by atoms with Crippen molar-refractivity contribution in [3.8, 4) is 0 Å². The summed E-state index contributed by atoms with van der Waals surface area (Å²) in [6, 6.07) is 7.39. The smallest absolute Gasteiger partial charge is 0.240 e. The lowest BCUT2D eigenvalue weighted by atomic mass is 10.2. The lowest BCUT2D eigenvalue weighted by Gasteiger charge is -2.20. The number of nitrogens with zero attached hydrogens (tertiary/aromatic N) is 2. The van der Waals surface area contributed by atoms with Gasteiger partial charge in [-0.25, -0.2) is 4.98 Å². The summed E-state index contributed by atoms with van der Waals surface area (Å²) in [7, 11) is 1.64. The first-order valence-corrected chi connectivity index (χ1v) is 6.22. The van der Waals surface area contributed by atoms with Crippen LogP contribution in [0.25, 0.3) is 11.0 Å². The molecule has 1 aromatic carbocycles. The van der Waals surface area contributed by atoms with E-state index >= 15 is 0 Å². The Bertz CT molecular complexity index is 576. The van der Waals surface area contributed by atoms with E-state index in [1.165, 1.54) is 0 Å². The van der Waals surface area contributed by atoms with Crippen molar-refractivity contribution < 1.29 is 9.53 Å². The first kappa shape index (κ1) is 12.0. The Hall–Kier alpha value is -2.08. The van der Waals surface area contributed by atoms with Crippen LogP contribution >= 0.6 is 0 Å². The molecular weight excluding hydrogens is 244 g/mol. The van der Waals surface area contributed by atoms with E-state index in [1.807, 2.05) is 29.2 Å². The fourth-order valence-corrected chi connectivity index (χ4v) is 2.55. The van der Waals surface area contributed by atoms with Crippen molar-refractivity contribution in [1.82, 2.24) is 9.97 Å². The topological polar surface area (TPSA) is 84.2 Å². The van der Waals surface area contributed by atoms with Gasteiger partial charge >= 0.3 is 0 Å². The number of nitrogens with two attached hydrogens (primary N) is 1. The molecule has 0 unspecified atom stereocenters. The summed E-state index contributed by atoms with van der Waals surface area (Å²) in [4.78, 5) is 21.2. The van der Waals surface area contributed by atoms with Crippen LogP contribution in [-0.2, 0) is 9.53 Å². The molecule has 6 nitrogen and oxygen atoms in total. The predicted octanol–water partition coefficient (Wildman–Crippen LogP) is 0.642. The molecule has 0 aliphatic carbocycles. The summed E-state index contributed by atoms with van der Waals surface area (Å²) < 4.78 is 5.33. The second kappa shape index (κ2) is 4.55. The van der Waals surface area contributed by atoms with E-state index in [1.54, 1.807) is 7.11 Å². The number of fused-ring (bicyclic) bond motifs is 1. The summed E-state index contributed by atoms with van der Waals surface area (Å²) in [5.74, 6) is 0.324. The molecule has 2 heterocycles. The molecule has 0 spiro atoms. The minimum absolute atomic E-state index is 0.00529. The number of carbonyl (C=O) groups is 1. The monoisotopic (exact) mass is 260 g/mol. The molecule has 6 heteroatoms. The zero-order chi connectivity index (χ0) is 13.4. The number of benzene rings is 1. The highest BCUT2D eigenvalue weighted by Crippen LogP contribution is 2.26. The van der Waals surface area contributed by atoms with Gasteiger partial charge in [0.2, 0.25) is 11.9 Å². The zero-order valence-electron chi connectivity index (χ0n) is 10.7. The van der Waals surface area contributed by atoms with E-state index in [2.05, 4.69) is 9.97 Å². The molecule has 3 rings (SSSR count). The first-order valence-electron chi connectivity index (χ1n) is 6.22. The number of aromatic nitrogens is 2. The van der Waals surface area contributed by atoms with Gasteiger partial charge in [0.1, 0.15) is 6.04 Å². The Morgan fingerprint density at radius 3 is 3.00 bits per heavy atom. The van der Waals surface area contributed by atoms with Crippen LogP contribution in [0.3, 0.4) is 0 Å². The molecule has 19 heavy (non-hydrogen) atoms. The molecule has 1 aliphatic heterocycles. The quantitative estimate of drug-likeness (QED) is 0.848. The van der Waals surface area contributed by atoms with Gasteiger partial charge in [-0.3, -0.25) is 4.79 Å². The third kappa shape index (κ3) is 2.04. The molecule has 100 valence electrons. The third-order valence-corrected chi connectivity index (χ3v) is 3.57. The molecule has 0 saturated carbocycles. The van der Waals surface area contributed by atoms with E-state index in [0.717, 1.165) is 11.0 Å². The van der Waals surface area contributed by atoms with E-state index < -0.39 is 0 Å². The lowest BCUT2D eigenvalue weighted by Crippen LogP contribution is -2.40. The van der Waals surface area contributed by atoms with Crippen LogP contribution in [-0.4, -0.2) is 41.7 Å². The number of aromatic amines is 1. The lowest BCUT2D eigenvalue weighted by molar-refractivity contribution is -0.119. The Morgan fingerprint density at radius 2 is 2.32 bits per heavy atom. The van der Waals surface area contributed by atoms with Crippen molar-refractivity contribution in [3.05, 3.63) is 24.3 Å². The van der Waals surface area contributed by atoms with Gasteiger partial charge in [-0.2, -0.15) is 0 Å². The Morgan fingerprint density at radius 1 is 1.53 bits per heavy atom. The Kier molecular flexibility index (Phi) is 2.87. The number of amides is 1. The first-order chi connectivity index (χ1) is 9.19. The molecule has 1 aliphatic rings. The van der Waals surface area contributed by atoms with Crippen molar-refractivity contribution in [1.29, 1.82) is 0 Å². The molecule has 3 N–H and O–H groups in total. The van der Waals surface area contributed by atoms with E-state index in [0.29, 0.717) is 18.9 Å². The van der Waals surface area contributed by atoms with Gasteiger partial charge in [0.15, 0.2) is 0 Å². The van der Waals surface area contributed by atoms with E-state index in [-0.39, 0.29) is 18.1 Å². The third-order valence-electron chi connectivity index (χ3n) is 3.57. The number of rotatable bonds is 3. The summed E-state index contributed by atoms with van der Waals surface area (Å²) in [5.41, 5.74) is 7.28. The van der Waals surface area contributed by atoms with Gasteiger partial charge in [-0.1, -0.05) is 12.1 Å². The van der Waals surface area contributed by atoms with Crippen molar-refractivity contribution in [2.45, 2.75) is 18.6 Å². The maximum Gasteiger partial charge on any atom is 0.240 e. The number of nitrogens with one attached hydrogen (secondary N) is 1. The highest BCUT2D eigenvalue weighted by atomic mass is 16.5. The maximum atomic E-state index is 11.5. The van der Waals surface area contributed by atoms with Crippen LogP contribution in [0, 0.1) is 0 Å². The largest absolute Gasteiger partial charge is 0.380 e. The highest BCUT2D eigenvalue weighted by molar-refractivity contribution is 5.85. The normalized spacial score (nSPS) is 23.1. The number of hydrogen-bond acceptors (Lipinski definition) is 4. The molecule has 2 atom stereocenters. The predicted molar refractivity (Wildman–Crippen MR) is 71.8 cm³/mol. The molecular formula is C13H16N4O2. The number of ether oxygens (including phenoxy) is 1. The van der Waals surface area contributed by atoms with Crippen LogP contribution in [0.4, 0.5) is 5.95 Å². The molecule has 1 saturated heterocycles. The summed E-state index contributed by atoms with van der Waals surface area (Å²) in [6.07, 6.45) is 0.605. The number of methoxy groups -OCH3 is 1. The Labute approximate surface area is 110 Å². The van der Waals surface area contributed by atoms with Crippen molar-refractivity contribution in [2.24, 2.45) is 5.73 Å². The molecule has 0 bridgehead atoms. The standard InChI is InChI=1S/C13H16N4O2/c1-19-8-6-11(12(14)18)17(7-8)13-15-9-4-2-3-5-10(9)16-13/h2-5,8,11H,6-7H2,1H3,(H2,14,18)(H,15,16)/t8-,11-/m0/s1. The fourth-order valence-electron chi connectivity index (χ4n) is 2.55. The minimum atomic E-state index is -0.370. The average Bonchev–Trinajstić information content (AvgIpc) is 3.02. The summed E-state index contributed by atoms with van der Waals surface area (Å²) in [5, 5.41) is 0. The van der Waals surface area contributed by atoms with Crippen molar-refractivity contribution >= 4 is 22.9 Å². The number of H-pyrrole nitrogens is 1. The number of imidazole rings is 1. The van der Waals surface area contributed by atoms with Crippen LogP contribution in [0.15, 0.2) is 24.3 Å². The second-order valence-corrected chi connectivity index (χ2v) is 4.74. The van der Waals surface area contributed by atoms with Crippen LogP contribution in [0.2, 0.25) is 0 Å². The van der Waals surface area contributed by atoms with Gasteiger partial charge in [0, 0.05) is 20.1 Å². The maximum absolute atomic E-state index is 11.5. The van der Waals surface area contributed by atoms with Gasteiger partial charge in [0.25, 0.3) is 0 Å². The molecule has 2 aromatic rings. The number of para-hydroxylation sites is 2. The highest BCUT2D eigenvalue weighted by Gasteiger charge is 2.37. The molecule has 1 fully saturated rings. The number of carbonyl (C=O) groups excluding carboxylic acids is 1.